The third-order valence-corrected chi connectivity index (χ3v) is 9.13. The Kier molecular flexibility index (Phi) is 7.08. The Morgan fingerprint density at radius 1 is 0.711 bits per heavy atom. The van der Waals surface area contributed by atoms with Gasteiger partial charge >= 0.3 is 0 Å². The molecule has 0 radical (unpaired) electrons. The molecule has 1 aromatic rings. The summed E-state index contributed by atoms with van der Waals surface area (Å²) in [4.78, 5) is 45.6. The van der Waals surface area contributed by atoms with Crippen molar-refractivity contribution < 1.29 is 9.59 Å². The number of hydrogen-bond donors (Lipinski definition) is 0. The number of rotatable bonds is 6. The van der Waals surface area contributed by atoms with Gasteiger partial charge in [-0.1, -0.05) is 12.8 Å². The number of piperidine rings is 2. The second-order valence-corrected chi connectivity index (χ2v) is 12.2. The molecule has 0 atom stereocenters. The van der Waals surface area contributed by atoms with Gasteiger partial charge in [0.25, 0.3) is 0 Å². The van der Waals surface area contributed by atoms with Crippen LogP contribution < -0.4 is 5.43 Å². The van der Waals surface area contributed by atoms with E-state index >= 15 is 0 Å². The maximum Gasteiger partial charge on any atom is 0.198 e. The lowest BCUT2D eigenvalue weighted by molar-refractivity contribution is 0.0575. The maximum absolute atomic E-state index is 13.8. The van der Waals surface area contributed by atoms with Crippen molar-refractivity contribution >= 4 is 22.5 Å². The van der Waals surface area contributed by atoms with Crippen molar-refractivity contribution in [3.63, 3.8) is 0 Å². The van der Waals surface area contributed by atoms with Crippen LogP contribution in [0.5, 0.6) is 0 Å². The molecule has 0 saturated carbocycles. The first kappa shape index (κ1) is 26.8. The van der Waals surface area contributed by atoms with E-state index in [9.17, 15) is 14.4 Å². The molecule has 1 aliphatic carbocycles. The molecule has 3 aliphatic heterocycles. The molecule has 202 valence electrons. The lowest BCUT2D eigenvalue weighted by Gasteiger charge is -2.39. The number of carbonyl (C=O) groups is 2. The fourth-order valence-electron chi connectivity index (χ4n) is 6.48. The lowest BCUT2D eigenvalue weighted by Crippen LogP contribution is -2.53. The molecular weight excluding hydrogens is 474 g/mol. The van der Waals surface area contributed by atoms with Crippen LogP contribution in [0.3, 0.4) is 0 Å². The second-order valence-electron chi connectivity index (χ2n) is 12.2. The third kappa shape index (κ3) is 4.52. The highest BCUT2D eigenvalue weighted by molar-refractivity contribution is 6.06. The first-order valence-electron chi connectivity index (χ1n) is 14.2. The zero-order valence-corrected chi connectivity index (χ0v) is 23.6. The number of ketones is 2. The largest absolute Gasteiger partial charge is 0.344 e. The fraction of sp³-hybridized carbons (Fsp3) is 0.531. The normalized spacial score (nSPS) is 18.2. The van der Waals surface area contributed by atoms with Crippen LogP contribution in [0.15, 0.2) is 41.2 Å². The van der Waals surface area contributed by atoms with Crippen LogP contribution in [0.4, 0.5) is 0 Å². The molecule has 0 aromatic heterocycles. The SMILES string of the molecule is Cn1c2ccc(C(=O)C(C)(C)N3CCCCC3)c(=O)c-2cc2cc(C(=O)C(C)(C)N3CCCCC3)ccc21. The highest BCUT2D eigenvalue weighted by atomic mass is 16.1. The highest BCUT2D eigenvalue weighted by Gasteiger charge is 2.38. The van der Waals surface area contributed by atoms with Gasteiger partial charge in [-0.15, -0.1) is 0 Å². The molecular formula is C32H41N3O3. The minimum Gasteiger partial charge on any atom is -0.344 e. The molecule has 0 unspecified atom stereocenters. The first-order chi connectivity index (χ1) is 18.0. The number of aryl methyl sites for hydroxylation is 1. The van der Waals surface area contributed by atoms with Crippen LogP contribution in [-0.2, 0) is 7.05 Å². The summed E-state index contributed by atoms with van der Waals surface area (Å²) in [6.45, 7) is 11.5. The summed E-state index contributed by atoms with van der Waals surface area (Å²) in [5.41, 5.74) is 1.58. The summed E-state index contributed by atoms with van der Waals surface area (Å²) in [7, 11) is 1.93. The van der Waals surface area contributed by atoms with Crippen molar-refractivity contribution in [3.05, 3.63) is 57.7 Å². The van der Waals surface area contributed by atoms with Crippen LogP contribution in [0, 0.1) is 0 Å². The number of benzene rings is 2. The summed E-state index contributed by atoms with van der Waals surface area (Å²) in [6, 6.07) is 11.2. The molecule has 0 amide bonds. The predicted octanol–water partition coefficient (Wildman–Crippen LogP) is 5.54. The summed E-state index contributed by atoms with van der Waals surface area (Å²) >= 11 is 0. The van der Waals surface area contributed by atoms with Gasteiger partial charge in [0.05, 0.1) is 22.3 Å². The maximum atomic E-state index is 13.8. The van der Waals surface area contributed by atoms with Crippen molar-refractivity contribution in [1.82, 2.24) is 14.4 Å². The molecule has 5 rings (SSSR count). The first-order valence-corrected chi connectivity index (χ1v) is 14.2. The molecule has 2 saturated heterocycles. The van der Waals surface area contributed by atoms with Crippen molar-refractivity contribution in [1.29, 1.82) is 0 Å². The number of hydrogen-bond acceptors (Lipinski definition) is 5. The van der Waals surface area contributed by atoms with Gasteiger partial charge in [-0.2, -0.15) is 0 Å². The Morgan fingerprint density at radius 2 is 1.26 bits per heavy atom. The number of nitrogens with zero attached hydrogens (tertiary/aromatic N) is 3. The highest BCUT2D eigenvalue weighted by Crippen LogP contribution is 2.31. The van der Waals surface area contributed by atoms with E-state index in [1.54, 1.807) is 6.07 Å². The van der Waals surface area contributed by atoms with E-state index in [2.05, 4.69) is 9.80 Å². The Hall–Kier alpha value is -2.83. The van der Waals surface area contributed by atoms with E-state index in [1.807, 2.05) is 69.6 Å². The van der Waals surface area contributed by atoms with E-state index in [0.29, 0.717) is 11.1 Å². The standard InChI is InChI=1S/C32H41N3O3/c1-31(2,34-16-8-6-9-17-34)29(37)22-12-14-26-23(20-22)21-25-27(33(26)5)15-13-24(28(25)36)30(38)32(3,4)35-18-10-7-11-19-35/h12-15,20-21H,6-11,16-19H2,1-5H3. The molecule has 6 heteroatoms. The number of pyridine rings is 1. The van der Waals surface area contributed by atoms with Crippen LogP contribution in [0.2, 0.25) is 0 Å². The van der Waals surface area contributed by atoms with Gasteiger partial charge < -0.3 is 4.57 Å². The molecule has 38 heavy (non-hydrogen) atoms. The minimum atomic E-state index is -0.730. The van der Waals surface area contributed by atoms with Gasteiger partial charge in [0.1, 0.15) is 0 Å². The number of carbonyl (C=O) groups excluding carboxylic acids is 2. The zero-order chi connectivity index (χ0) is 27.2. The zero-order valence-electron chi connectivity index (χ0n) is 23.6. The number of Topliss-reactive ketones (excluding diaryl/α,β-unsaturated/α-hetero) is 2. The molecule has 2 fully saturated rings. The number of likely N-dealkylation sites (tertiary alicyclic amines) is 2. The smallest absolute Gasteiger partial charge is 0.198 e. The van der Waals surface area contributed by atoms with E-state index < -0.39 is 11.1 Å². The number of fused-ring (bicyclic) bond motifs is 2. The topological polar surface area (TPSA) is 62.6 Å². The summed E-state index contributed by atoms with van der Waals surface area (Å²) in [5.74, 6) is -0.0279. The van der Waals surface area contributed by atoms with E-state index in [0.717, 1.165) is 68.5 Å². The molecule has 0 N–H and O–H groups in total. The summed E-state index contributed by atoms with van der Waals surface area (Å²) in [6.07, 6.45) is 6.81. The molecule has 0 spiro atoms. The minimum absolute atomic E-state index is 0.0959. The summed E-state index contributed by atoms with van der Waals surface area (Å²) in [5, 5.41) is 0.831. The number of aromatic nitrogens is 1. The molecule has 3 heterocycles. The van der Waals surface area contributed by atoms with Crippen LogP contribution >= 0.6 is 0 Å². The average Bonchev–Trinajstić information content (AvgIpc) is 2.93. The molecule has 0 bridgehead atoms. The third-order valence-electron chi connectivity index (χ3n) is 9.13. The Balaban J connectivity index is 1.55. The second kappa shape index (κ2) is 10.0. The average molecular weight is 516 g/mol. The van der Waals surface area contributed by atoms with Crippen molar-refractivity contribution in [2.24, 2.45) is 7.05 Å². The Labute approximate surface area is 226 Å². The van der Waals surface area contributed by atoms with Crippen molar-refractivity contribution in [2.45, 2.75) is 77.3 Å². The molecule has 4 aliphatic rings. The monoisotopic (exact) mass is 515 g/mol. The van der Waals surface area contributed by atoms with Crippen LogP contribution in [-0.4, -0.2) is 63.2 Å². The van der Waals surface area contributed by atoms with Gasteiger partial charge in [-0.25, -0.2) is 0 Å². The van der Waals surface area contributed by atoms with Gasteiger partial charge in [-0.3, -0.25) is 24.2 Å². The van der Waals surface area contributed by atoms with Gasteiger partial charge in [-0.05, 0) is 121 Å². The van der Waals surface area contributed by atoms with Gasteiger partial charge in [0, 0.05) is 23.7 Å². The van der Waals surface area contributed by atoms with Crippen LogP contribution in [0.25, 0.3) is 22.2 Å². The van der Waals surface area contributed by atoms with Gasteiger partial charge in [0.15, 0.2) is 17.0 Å². The fourth-order valence-corrected chi connectivity index (χ4v) is 6.48. The van der Waals surface area contributed by atoms with E-state index in [4.69, 9.17) is 0 Å². The Morgan fingerprint density at radius 3 is 1.84 bits per heavy atom. The van der Waals surface area contributed by atoms with E-state index in [-0.39, 0.29) is 22.6 Å². The molecule has 1 aromatic carbocycles. The quantitative estimate of drug-likeness (QED) is 0.319. The Bertz CT molecular complexity index is 1410. The summed E-state index contributed by atoms with van der Waals surface area (Å²) < 4.78 is 1.99. The molecule has 6 nitrogen and oxygen atoms in total. The van der Waals surface area contributed by atoms with E-state index in [1.165, 1.54) is 12.8 Å². The lowest BCUT2D eigenvalue weighted by atomic mass is 9.87. The van der Waals surface area contributed by atoms with Gasteiger partial charge in [0.2, 0.25) is 0 Å². The predicted molar refractivity (Wildman–Crippen MR) is 153 cm³/mol. The van der Waals surface area contributed by atoms with Crippen LogP contribution in [0.1, 0.15) is 86.9 Å². The van der Waals surface area contributed by atoms with Crippen molar-refractivity contribution in [3.8, 4) is 11.3 Å². The van der Waals surface area contributed by atoms with Crippen molar-refractivity contribution in [2.75, 3.05) is 26.2 Å².